The molecule has 0 N–H and O–H groups in total. The number of ether oxygens (including phenoxy) is 1. The minimum absolute atomic E-state index is 0.0395. The van der Waals surface area contributed by atoms with Gasteiger partial charge in [0.05, 0.1) is 6.61 Å². The molecule has 1 aliphatic carbocycles. The summed E-state index contributed by atoms with van der Waals surface area (Å²) in [5.74, 6) is 3.80. The molecule has 3 nitrogen and oxygen atoms in total. The van der Waals surface area contributed by atoms with Gasteiger partial charge in [-0.2, -0.15) is 0 Å². The van der Waals surface area contributed by atoms with Crippen LogP contribution in [0.2, 0.25) is 0 Å². The Kier molecular flexibility index (Phi) is 6.02. The molecule has 1 aliphatic heterocycles. The van der Waals surface area contributed by atoms with E-state index in [9.17, 15) is 4.79 Å². The van der Waals surface area contributed by atoms with Crippen molar-refractivity contribution in [1.82, 2.24) is 0 Å². The molecule has 2 fully saturated rings. The van der Waals surface area contributed by atoms with Crippen LogP contribution in [0.4, 0.5) is 5.69 Å². The molecule has 2 aromatic rings. The number of carbonyl (C=O) groups is 1. The Morgan fingerprint density at radius 3 is 2.62 bits per heavy atom. The van der Waals surface area contributed by atoms with Crippen molar-refractivity contribution in [1.29, 1.82) is 0 Å². The summed E-state index contributed by atoms with van der Waals surface area (Å²) in [6.07, 6.45) is 12.1. The van der Waals surface area contributed by atoms with E-state index in [-0.39, 0.29) is 12.5 Å². The van der Waals surface area contributed by atoms with E-state index in [0.29, 0.717) is 25.0 Å². The van der Waals surface area contributed by atoms with Gasteiger partial charge >= 0.3 is 0 Å². The minimum Gasteiger partial charge on any atom is -0.370 e. The number of benzene rings is 2. The van der Waals surface area contributed by atoms with Gasteiger partial charge in [0.2, 0.25) is 0 Å². The molecule has 1 amide bonds. The summed E-state index contributed by atoms with van der Waals surface area (Å²) in [5.41, 5.74) is 5.72. The summed E-state index contributed by atoms with van der Waals surface area (Å²) in [6.45, 7) is 3.49. The van der Waals surface area contributed by atoms with Gasteiger partial charge in [-0.25, -0.2) is 0 Å². The minimum atomic E-state index is 0.0395. The fourth-order valence-electron chi connectivity index (χ4n) is 4.97. The number of morpholine rings is 1. The predicted molar refractivity (Wildman–Crippen MR) is 117 cm³/mol. The van der Waals surface area contributed by atoms with Gasteiger partial charge in [-0.1, -0.05) is 49.4 Å². The zero-order chi connectivity index (χ0) is 20.2. The lowest BCUT2D eigenvalue weighted by Crippen LogP contribution is -2.42. The Morgan fingerprint density at radius 2 is 1.90 bits per heavy atom. The van der Waals surface area contributed by atoms with Crippen LogP contribution in [0.25, 0.3) is 0 Å². The first-order valence-corrected chi connectivity index (χ1v) is 10.7. The van der Waals surface area contributed by atoms with Crippen molar-refractivity contribution in [2.45, 2.75) is 44.9 Å². The third kappa shape index (κ3) is 4.23. The highest BCUT2D eigenvalue weighted by Gasteiger charge is 2.28. The zero-order valence-electron chi connectivity index (χ0n) is 17.2. The molecule has 0 spiro atoms. The fourth-order valence-corrected chi connectivity index (χ4v) is 4.97. The molecule has 1 atom stereocenters. The van der Waals surface area contributed by atoms with E-state index in [1.54, 1.807) is 0 Å². The van der Waals surface area contributed by atoms with Crippen LogP contribution in [0.3, 0.4) is 0 Å². The molecule has 2 aliphatic rings. The molecule has 150 valence electrons. The number of carbonyl (C=O) groups excluding carboxylic acids is 1. The maximum atomic E-state index is 12.3. The predicted octanol–water partition coefficient (Wildman–Crippen LogP) is 5.05. The first kappa shape index (κ1) is 19.7. The van der Waals surface area contributed by atoms with Crippen LogP contribution in [0.15, 0.2) is 42.5 Å². The van der Waals surface area contributed by atoms with Gasteiger partial charge < -0.3 is 9.64 Å². The van der Waals surface area contributed by atoms with Crippen LogP contribution in [-0.4, -0.2) is 25.7 Å². The topological polar surface area (TPSA) is 29.5 Å². The second-order valence-corrected chi connectivity index (χ2v) is 8.29. The number of anilines is 1. The summed E-state index contributed by atoms with van der Waals surface area (Å²) in [7, 11) is 0. The van der Waals surface area contributed by atoms with E-state index in [0.717, 1.165) is 16.8 Å². The number of hydrogen-bond acceptors (Lipinski definition) is 2. The maximum Gasteiger partial charge on any atom is 0.253 e. The highest BCUT2D eigenvalue weighted by molar-refractivity contribution is 5.95. The van der Waals surface area contributed by atoms with Gasteiger partial charge in [-0.3, -0.25) is 4.79 Å². The number of aryl methyl sites for hydroxylation is 1. The fraction of sp³-hybridized carbons (Fsp3) is 0.423. The molecule has 0 bridgehead atoms. The van der Waals surface area contributed by atoms with Crippen LogP contribution in [0.1, 0.15) is 60.3 Å². The summed E-state index contributed by atoms with van der Waals surface area (Å²) in [4.78, 5) is 14.1. The molecular formula is C26H29NO2. The van der Waals surface area contributed by atoms with E-state index in [1.165, 1.54) is 43.2 Å². The monoisotopic (exact) mass is 387 g/mol. The van der Waals surface area contributed by atoms with Crippen molar-refractivity contribution in [3.63, 3.8) is 0 Å². The third-order valence-electron chi connectivity index (χ3n) is 6.39. The molecule has 0 aromatic heterocycles. The van der Waals surface area contributed by atoms with E-state index in [4.69, 9.17) is 11.2 Å². The highest BCUT2D eigenvalue weighted by atomic mass is 16.5. The smallest absolute Gasteiger partial charge is 0.253 e. The molecule has 1 unspecified atom stereocenters. The van der Waals surface area contributed by atoms with Crippen molar-refractivity contribution < 1.29 is 9.53 Å². The summed E-state index contributed by atoms with van der Waals surface area (Å²) >= 11 is 0. The highest BCUT2D eigenvalue weighted by Crippen LogP contribution is 2.41. The van der Waals surface area contributed by atoms with Gasteiger partial charge in [-0.15, -0.1) is 6.42 Å². The van der Waals surface area contributed by atoms with E-state index >= 15 is 0 Å². The Labute approximate surface area is 174 Å². The molecule has 2 aromatic carbocycles. The first-order chi connectivity index (χ1) is 14.2. The van der Waals surface area contributed by atoms with Crippen molar-refractivity contribution in [2.75, 3.05) is 24.7 Å². The van der Waals surface area contributed by atoms with Gasteiger partial charge in [0.1, 0.15) is 6.61 Å². The molecule has 3 heteroatoms. The molecule has 1 saturated carbocycles. The molecule has 1 heterocycles. The summed E-state index contributed by atoms with van der Waals surface area (Å²) < 4.78 is 5.29. The lowest BCUT2D eigenvalue weighted by Gasteiger charge is -2.33. The van der Waals surface area contributed by atoms with Crippen LogP contribution >= 0.6 is 0 Å². The SMILES string of the molecule is C#Cc1cccc(C(c2ccc(N3CCOCC3=O)c(C)c2)C2CCCCC2)c1. The van der Waals surface area contributed by atoms with E-state index in [1.807, 2.05) is 11.0 Å². The lowest BCUT2D eigenvalue weighted by atomic mass is 9.73. The molecule has 4 rings (SSSR count). The zero-order valence-corrected chi connectivity index (χ0v) is 17.2. The Balaban J connectivity index is 1.71. The van der Waals surface area contributed by atoms with Gasteiger partial charge in [0.15, 0.2) is 0 Å². The largest absolute Gasteiger partial charge is 0.370 e. The van der Waals surface area contributed by atoms with Gasteiger partial charge in [0, 0.05) is 23.7 Å². The average molecular weight is 388 g/mol. The quantitative estimate of drug-likeness (QED) is 0.687. The van der Waals surface area contributed by atoms with Gasteiger partial charge in [-0.05, 0) is 60.6 Å². The standard InChI is InChI=1S/C26H29NO2/c1-3-20-8-7-11-22(17-20)26(21-9-5-4-6-10-21)23-12-13-24(19(2)16-23)27-14-15-29-18-25(27)28/h1,7-8,11-13,16-17,21,26H,4-6,9-10,14-15,18H2,2H3. The van der Waals surface area contributed by atoms with Crippen LogP contribution < -0.4 is 4.90 Å². The Morgan fingerprint density at radius 1 is 1.10 bits per heavy atom. The van der Waals surface area contributed by atoms with Gasteiger partial charge in [0.25, 0.3) is 5.91 Å². The first-order valence-electron chi connectivity index (χ1n) is 10.7. The normalized spacial score (nSPS) is 19.0. The van der Waals surface area contributed by atoms with Crippen molar-refractivity contribution in [3.05, 3.63) is 64.7 Å². The average Bonchev–Trinajstić information content (AvgIpc) is 2.76. The molecular weight excluding hydrogens is 358 g/mol. The summed E-state index contributed by atoms with van der Waals surface area (Å²) in [6, 6.07) is 15.1. The molecule has 0 radical (unpaired) electrons. The van der Waals surface area contributed by atoms with E-state index < -0.39 is 0 Å². The number of hydrogen-bond donors (Lipinski definition) is 0. The molecule has 29 heavy (non-hydrogen) atoms. The Bertz CT molecular complexity index is 921. The van der Waals surface area contributed by atoms with Crippen molar-refractivity contribution in [2.24, 2.45) is 5.92 Å². The number of amides is 1. The second-order valence-electron chi connectivity index (χ2n) is 8.29. The maximum absolute atomic E-state index is 12.3. The number of nitrogens with zero attached hydrogens (tertiary/aromatic N) is 1. The Hall–Kier alpha value is -2.57. The van der Waals surface area contributed by atoms with Crippen LogP contribution in [-0.2, 0) is 9.53 Å². The van der Waals surface area contributed by atoms with E-state index in [2.05, 4.69) is 49.2 Å². The van der Waals surface area contributed by atoms with Crippen LogP contribution in [0, 0.1) is 25.2 Å². The third-order valence-corrected chi connectivity index (χ3v) is 6.39. The second kappa shape index (κ2) is 8.84. The summed E-state index contributed by atoms with van der Waals surface area (Å²) in [5, 5.41) is 0. The van der Waals surface area contributed by atoms with Crippen molar-refractivity contribution >= 4 is 11.6 Å². The van der Waals surface area contributed by atoms with Crippen LogP contribution in [0.5, 0.6) is 0 Å². The molecule has 1 saturated heterocycles. The number of rotatable bonds is 4. The van der Waals surface area contributed by atoms with Crippen molar-refractivity contribution in [3.8, 4) is 12.3 Å². The lowest BCUT2D eigenvalue weighted by molar-refractivity contribution is -0.125. The number of terminal acetylenes is 1.